The number of nitrogens with zero attached hydrogens (tertiary/aromatic N) is 2. The van der Waals surface area contributed by atoms with Gasteiger partial charge in [0.2, 0.25) is 0 Å². The molecule has 6 nitrogen and oxygen atoms in total. The zero-order chi connectivity index (χ0) is 21.5. The molecule has 2 fully saturated rings. The summed E-state index contributed by atoms with van der Waals surface area (Å²) in [5, 5.41) is 0.900. The Morgan fingerprint density at radius 1 is 1.20 bits per heavy atom. The molecule has 0 spiro atoms. The molecule has 0 radical (unpaired) electrons. The first-order chi connectivity index (χ1) is 14.4. The van der Waals surface area contributed by atoms with Crippen molar-refractivity contribution in [1.29, 1.82) is 0 Å². The Bertz CT molecular complexity index is 924. The van der Waals surface area contributed by atoms with Crippen LogP contribution in [0.5, 0.6) is 5.75 Å². The third-order valence-electron chi connectivity index (χ3n) is 7.91. The molecule has 4 atom stereocenters. The van der Waals surface area contributed by atoms with E-state index in [1.165, 1.54) is 0 Å². The van der Waals surface area contributed by atoms with Crippen molar-refractivity contribution >= 4 is 16.8 Å². The molecule has 1 aromatic carbocycles. The molecular formula is C24H33N3O3. The first-order valence-corrected chi connectivity index (χ1v) is 11.0. The van der Waals surface area contributed by atoms with Crippen LogP contribution in [0.15, 0.2) is 30.3 Å². The Balaban J connectivity index is 1.61. The molecule has 1 aliphatic heterocycles. The summed E-state index contributed by atoms with van der Waals surface area (Å²) >= 11 is 0. The summed E-state index contributed by atoms with van der Waals surface area (Å²) in [5.41, 5.74) is 7.93. The van der Waals surface area contributed by atoms with Crippen LogP contribution in [0.1, 0.15) is 44.1 Å². The molecule has 1 aliphatic carbocycles. The molecule has 2 N–H and O–H groups in total. The van der Waals surface area contributed by atoms with E-state index in [4.69, 9.17) is 15.2 Å². The van der Waals surface area contributed by atoms with Crippen LogP contribution in [0.2, 0.25) is 0 Å². The minimum atomic E-state index is -0.202. The lowest BCUT2D eigenvalue weighted by Gasteiger charge is -2.64. The number of ether oxygens (including phenoxy) is 2. The SMILES string of the molecule is CCC1(C)C2CN(C(=O)c3cc(OCCOC)c4ccccc4n3)CC2[C@]1(N)CC. The number of benzene rings is 1. The number of pyridine rings is 1. The monoisotopic (exact) mass is 411 g/mol. The number of carbonyl (C=O) groups is 1. The molecule has 0 bridgehead atoms. The molecule has 6 heteroatoms. The minimum Gasteiger partial charge on any atom is -0.490 e. The van der Waals surface area contributed by atoms with Gasteiger partial charge in [-0.25, -0.2) is 4.98 Å². The molecular weight excluding hydrogens is 378 g/mol. The van der Waals surface area contributed by atoms with Crippen LogP contribution >= 0.6 is 0 Å². The Labute approximate surface area is 178 Å². The Morgan fingerprint density at radius 3 is 2.63 bits per heavy atom. The van der Waals surface area contributed by atoms with Crippen LogP contribution in [-0.4, -0.2) is 54.7 Å². The number of para-hydroxylation sites is 1. The normalized spacial score (nSPS) is 30.2. The zero-order valence-corrected chi connectivity index (χ0v) is 18.5. The first kappa shape index (κ1) is 21.1. The molecule has 4 rings (SSSR count). The van der Waals surface area contributed by atoms with Crippen molar-refractivity contribution in [1.82, 2.24) is 9.88 Å². The number of aromatic nitrogens is 1. The highest BCUT2D eigenvalue weighted by Crippen LogP contribution is 2.63. The number of likely N-dealkylation sites (tertiary alicyclic amines) is 1. The van der Waals surface area contributed by atoms with E-state index in [2.05, 4.69) is 25.8 Å². The van der Waals surface area contributed by atoms with Gasteiger partial charge in [-0.1, -0.05) is 32.9 Å². The van der Waals surface area contributed by atoms with Crippen LogP contribution in [0.3, 0.4) is 0 Å². The fourth-order valence-corrected chi connectivity index (χ4v) is 5.84. The lowest BCUT2D eigenvalue weighted by Crippen LogP contribution is -2.73. The average molecular weight is 412 g/mol. The van der Waals surface area contributed by atoms with Crippen molar-refractivity contribution in [3.05, 3.63) is 36.0 Å². The van der Waals surface area contributed by atoms with Crippen molar-refractivity contribution in [2.24, 2.45) is 23.0 Å². The summed E-state index contributed by atoms with van der Waals surface area (Å²) in [6.45, 7) is 9.05. The molecule has 1 saturated heterocycles. The Morgan fingerprint density at radius 2 is 1.93 bits per heavy atom. The maximum atomic E-state index is 13.4. The van der Waals surface area contributed by atoms with Crippen LogP contribution in [0.4, 0.5) is 0 Å². The van der Waals surface area contributed by atoms with Crippen molar-refractivity contribution in [2.45, 2.75) is 39.2 Å². The third-order valence-corrected chi connectivity index (χ3v) is 7.91. The lowest BCUT2D eigenvalue weighted by atomic mass is 9.42. The number of nitrogens with two attached hydrogens (primary N) is 1. The fraction of sp³-hybridized carbons (Fsp3) is 0.583. The van der Waals surface area contributed by atoms with Gasteiger partial charge < -0.3 is 20.1 Å². The van der Waals surface area contributed by atoms with Crippen molar-refractivity contribution < 1.29 is 14.3 Å². The molecule has 3 unspecified atom stereocenters. The number of amides is 1. The molecule has 2 aromatic rings. The van der Waals surface area contributed by atoms with Crippen LogP contribution in [0.25, 0.3) is 10.9 Å². The quantitative estimate of drug-likeness (QED) is 0.706. The van der Waals surface area contributed by atoms with Crippen molar-refractivity contribution in [3.8, 4) is 5.75 Å². The summed E-state index contributed by atoms with van der Waals surface area (Å²) in [5.74, 6) is 1.44. The van der Waals surface area contributed by atoms with E-state index in [1.807, 2.05) is 29.2 Å². The highest BCUT2D eigenvalue weighted by molar-refractivity contribution is 5.97. The highest BCUT2D eigenvalue weighted by atomic mass is 16.5. The predicted molar refractivity (Wildman–Crippen MR) is 118 cm³/mol. The van der Waals surface area contributed by atoms with Crippen molar-refractivity contribution in [3.63, 3.8) is 0 Å². The minimum absolute atomic E-state index is 0.0383. The summed E-state index contributed by atoms with van der Waals surface area (Å²) in [4.78, 5) is 20.0. The molecule has 1 aromatic heterocycles. The van der Waals surface area contributed by atoms with E-state index in [-0.39, 0.29) is 16.9 Å². The standard InChI is InChI=1S/C24H33N3O3/c1-5-23(3)17-14-27(15-18(17)24(23,25)6-2)22(28)20-13-21(30-12-11-29-4)16-9-7-8-10-19(16)26-20/h7-10,13,17-18H,5-6,11-12,14-15,25H2,1-4H3/t17?,18?,23?,24-/m1/s1. The van der Waals surface area contributed by atoms with E-state index >= 15 is 0 Å². The van der Waals surface area contributed by atoms with Gasteiger partial charge in [0, 0.05) is 43.1 Å². The van der Waals surface area contributed by atoms with E-state index < -0.39 is 0 Å². The smallest absolute Gasteiger partial charge is 0.272 e. The van der Waals surface area contributed by atoms with Gasteiger partial charge in [0.15, 0.2) is 0 Å². The van der Waals surface area contributed by atoms with Crippen molar-refractivity contribution in [2.75, 3.05) is 33.4 Å². The maximum absolute atomic E-state index is 13.4. The third kappa shape index (κ3) is 3.00. The summed E-state index contributed by atoms with van der Waals surface area (Å²) in [6.07, 6.45) is 1.97. The number of fused-ring (bicyclic) bond motifs is 2. The second-order valence-corrected chi connectivity index (χ2v) is 8.95. The summed E-state index contributed by atoms with van der Waals surface area (Å²) in [7, 11) is 1.64. The van der Waals surface area contributed by atoms with Gasteiger partial charge in [-0.3, -0.25) is 4.79 Å². The summed E-state index contributed by atoms with van der Waals surface area (Å²) < 4.78 is 11.0. The van der Waals surface area contributed by atoms with Gasteiger partial charge in [-0.05, 0) is 36.3 Å². The molecule has 1 amide bonds. The van der Waals surface area contributed by atoms with E-state index in [1.54, 1.807) is 13.2 Å². The summed E-state index contributed by atoms with van der Waals surface area (Å²) in [6, 6.07) is 9.53. The van der Waals surface area contributed by atoms with Gasteiger partial charge >= 0.3 is 0 Å². The van der Waals surface area contributed by atoms with Crippen LogP contribution in [-0.2, 0) is 4.74 Å². The number of carbonyl (C=O) groups excluding carboxylic acids is 1. The molecule has 162 valence electrons. The Kier molecular flexibility index (Phi) is 5.49. The topological polar surface area (TPSA) is 77.7 Å². The van der Waals surface area contributed by atoms with Gasteiger partial charge in [0.1, 0.15) is 18.1 Å². The second-order valence-electron chi connectivity index (χ2n) is 8.95. The molecule has 2 heterocycles. The van der Waals surface area contributed by atoms with Crippen LogP contribution in [0, 0.1) is 17.3 Å². The fourth-order valence-electron chi connectivity index (χ4n) is 5.84. The van der Waals surface area contributed by atoms with Gasteiger partial charge in [0.25, 0.3) is 5.91 Å². The molecule has 30 heavy (non-hydrogen) atoms. The van der Waals surface area contributed by atoms with E-state index in [0.29, 0.717) is 43.0 Å². The van der Waals surface area contributed by atoms with Crippen LogP contribution < -0.4 is 10.5 Å². The number of hydrogen-bond acceptors (Lipinski definition) is 5. The zero-order valence-electron chi connectivity index (χ0n) is 18.5. The lowest BCUT2D eigenvalue weighted by molar-refractivity contribution is -0.110. The Hall–Kier alpha value is -2.18. The van der Waals surface area contributed by atoms with E-state index in [0.717, 1.165) is 30.3 Å². The number of hydrogen-bond donors (Lipinski definition) is 1. The molecule has 1 saturated carbocycles. The van der Waals surface area contributed by atoms with Gasteiger partial charge in [0.05, 0.1) is 12.1 Å². The first-order valence-electron chi connectivity index (χ1n) is 11.0. The average Bonchev–Trinajstić information content (AvgIpc) is 3.21. The number of rotatable bonds is 7. The van der Waals surface area contributed by atoms with Gasteiger partial charge in [-0.15, -0.1) is 0 Å². The number of methoxy groups -OCH3 is 1. The largest absolute Gasteiger partial charge is 0.490 e. The highest BCUT2D eigenvalue weighted by Gasteiger charge is 2.68. The maximum Gasteiger partial charge on any atom is 0.272 e. The second kappa shape index (κ2) is 7.82. The van der Waals surface area contributed by atoms with E-state index in [9.17, 15) is 4.79 Å². The molecule has 2 aliphatic rings. The predicted octanol–water partition coefficient (Wildman–Crippen LogP) is 3.49. The van der Waals surface area contributed by atoms with Gasteiger partial charge in [-0.2, -0.15) is 0 Å².